The first-order valence-electron chi connectivity index (χ1n) is 12.9. The third kappa shape index (κ3) is 11.0. The highest BCUT2D eigenvalue weighted by Crippen LogP contribution is 2.31. The lowest BCUT2D eigenvalue weighted by Crippen LogP contribution is -2.44. The van der Waals surface area contributed by atoms with E-state index in [9.17, 15) is 0 Å². The standard InChI is InChI=1S/C28H49IOSi/c1-7-11-12-15-20-27(24-29)26-21-17-19-25(23-26)18-14-13-16-22-28(5,6)30-31(8-2,9-3)10-4/h17,19,21,23-24H,7-16,18,20,22H2,1-6H3/b27-24+. The molecule has 1 nitrogen and oxygen atoms in total. The molecule has 0 saturated carbocycles. The number of rotatable bonds is 17. The molecule has 0 amide bonds. The van der Waals surface area contributed by atoms with Crippen molar-refractivity contribution < 1.29 is 4.43 Å². The average molecular weight is 557 g/mol. The van der Waals surface area contributed by atoms with Crippen molar-refractivity contribution in [3.8, 4) is 0 Å². The molecule has 0 unspecified atom stereocenters. The van der Waals surface area contributed by atoms with Crippen LogP contribution >= 0.6 is 22.6 Å². The maximum Gasteiger partial charge on any atom is 0.192 e. The Kier molecular flexibility index (Phi) is 14.6. The first kappa shape index (κ1) is 28.9. The number of aryl methyl sites for hydroxylation is 1. The summed E-state index contributed by atoms with van der Waals surface area (Å²) in [5.41, 5.74) is 4.46. The second-order valence-corrected chi connectivity index (χ2v) is 15.1. The van der Waals surface area contributed by atoms with Crippen LogP contribution in [0.15, 0.2) is 28.3 Å². The molecule has 0 fully saturated rings. The third-order valence-electron chi connectivity index (χ3n) is 6.90. The Morgan fingerprint density at radius 1 is 0.935 bits per heavy atom. The summed E-state index contributed by atoms with van der Waals surface area (Å²) in [6.45, 7) is 13.9. The summed E-state index contributed by atoms with van der Waals surface area (Å²) < 4.78 is 9.06. The summed E-state index contributed by atoms with van der Waals surface area (Å²) in [6.07, 6.45) is 12.7. The van der Waals surface area contributed by atoms with Crippen LogP contribution in [0.4, 0.5) is 0 Å². The number of halogens is 1. The molecule has 178 valence electrons. The van der Waals surface area contributed by atoms with Crippen molar-refractivity contribution >= 4 is 36.5 Å². The molecule has 0 atom stereocenters. The normalized spacial score (nSPS) is 13.1. The molecule has 0 saturated heterocycles. The lowest BCUT2D eigenvalue weighted by atomic mass is 9.96. The van der Waals surface area contributed by atoms with Gasteiger partial charge in [-0.25, -0.2) is 0 Å². The highest BCUT2D eigenvalue weighted by molar-refractivity contribution is 14.1. The van der Waals surface area contributed by atoms with Gasteiger partial charge in [-0.15, -0.1) is 0 Å². The maximum atomic E-state index is 6.77. The Labute approximate surface area is 209 Å². The zero-order valence-electron chi connectivity index (χ0n) is 21.4. The van der Waals surface area contributed by atoms with Gasteiger partial charge in [0.1, 0.15) is 0 Å². The van der Waals surface area contributed by atoms with Gasteiger partial charge in [0.05, 0.1) is 5.60 Å². The Balaban J connectivity index is 2.46. The van der Waals surface area contributed by atoms with Gasteiger partial charge in [-0.3, -0.25) is 0 Å². The van der Waals surface area contributed by atoms with Gasteiger partial charge in [-0.2, -0.15) is 0 Å². The first-order valence-corrected chi connectivity index (χ1v) is 16.7. The van der Waals surface area contributed by atoms with E-state index < -0.39 is 8.32 Å². The molecule has 3 heteroatoms. The Hall–Kier alpha value is -0.133. The largest absolute Gasteiger partial charge is 0.412 e. The third-order valence-corrected chi connectivity index (χ3v) is 12.5. The number of unbranched alkanes of at least 4 members (excludes halogenated alkanes) is 5. The van der Waals surface area contributed by atoms with E-state index in [4.69, 9.17) is 4.43 Å². The van der Waals surface area contributed by atoms with Crippen LogP contribution < -0.4 is 0 Å². The minimum Gasteiger partial charge on any atom is -0.412 e. The van der Waals surface area contributed by atoms with Crippen molar-refractivity contribution in [2.24, 2.45) is 0 Å². The molecule has 31 heavy (non-hydrogen) atoms. The van der Waals surface area contributed by atoms with Crippen LogP contribution in [0, 0.1) is 0 Å². The van der Waals surface area contributed by atoms with E-state index in [0.29, 0.717) is 0 Å². The summed E-state index contributed by atoms with van der Waals surface area (Å²) in [7, 11) is -1.52. The van der Waals surface area contributed by atoms with E-state index in [-0.39, 0.29) is 5.60 Å². The number of allylic oxidation sites excluding steroid dienone is 1. The van der Waals surface area contributed by atoms with Gasteiger partial charge in [0.2, 0.25) is 0 Å². The number of hydrogen-bond donors (Lipinski definition) is 0. The molecule has 1 rings (SSSR count). The molecular weight excluding hydrogens is 507 g/mol. The molecule has 0 spiro atoms. The molecule has 1 aromatic carbocycles. The zero-order chi connectivity index (χ0) is 23.2. The Bertz CT molecular complexity index is 625. The van der Waals surface area contributed by atoms with E-state index in [2.05, 4.69) is 92.5 Å². The summed E-state index contributed by atoms with van der Waals surface area (Å²) in [6, 6.07) is 13.0. The van der Waals surface area contributed by atoms with Crippen molar-refractivity contribution in [3.05, 3.63) is 39.5 Å². The molecule has 0 aliphatic carbocycles. The molecule has 0 aliphatic rings. The smallest absolute Gasteiger partial charge is 0.192 e. The van der Waals surface area contributed by atoms with Crippen molar-refractivity contribution in [1.29, 1.82) is 0 Å². The van der Waals surface area contributed by atoms with Crippen molar-refractivity contribution in [1.82, 2.24) is 0 Å². The highest BCUT2D eigenvalue weighted by atomic mass is 127. The fourth-order valence-electron chi connectivity index (χ4n) is 4.59. The van der Waals surface area contributed by atoms with Crippen molar-refractivity contribution in [2.75, 3.05) is 0 Å². The first-order chi connectivity index (χ1) is 14.8. The minimum atomic E-state index is -1.52. The number of hydrogen-bond acceptors (Lipinski definition) is 1. The summed E-state index contributed by atoms with van der Waals surface area (Å²) in [5, 5.41) is 0. The van der Waals surface area contributed by atoms with Crippen molar-refractivity contribution in [2.45, 2.75) is 129 Å². The molecule has 0 aromatic heterocycles. The minimum absolute atomic E-state index is 0.0337. The van der Waals surface area contributed by atoms with E-state index in [1.54, 1.807) is 0 Å². The summed E-state index contributed by atoms with van der Waals surface area (Å²) in [4.78, 5) is 0. The second kappa shape index (κ2) is 15.7. The van der Waals surface area contributed by atoms with Crippen LogP contribution in [0.5, 0.6) is 0 Å². The van der Waals surface area contributed by atoms with E-state index >= 15 is 0 Å². The summed E-state index contributed by atoms with van der Waals surface area (Å²) >= 11 is 2.42. The Morgan fingerprint density at radius 3 is 2.23 bits per heavy atom. The molecule has 0 N–H and O–H groups in total. The monoisotopic (exact) mass is 556 g/mol. The summed E-state index contributed by atoms with van der Waals surface area (Å²) in [5.74, 6) is 0. The van der Waals surface area contributed by atoms with E-state index in [1.165, 1.54) is 99.0 Å². The van der Waals surface area contributed by atoms with Crippen LogP contribution in [-0.4, -0.2) is 13.9 Å². The lowest BCUT2D eigenvalue weighted by molar-refractivity contribution is 0.0828. The average Bonchev–Trinajstić information content (AvgIpc) is 2.77. The van der Waals surface area contributed by atoms with E-state index in [1.807, 2.05) is 0 Å². The molecular formula is C28H49IOSi. The van der Waals surface area contributed by atoms with Crippen LogP contribution in [0.2, 0.25) is 18.1 Å². The van der Waals surface area contributed by atoms with Gasteiger partial charge in [0.25, 0.3) is 0 Å². The molecule has 1 aromatic rings. The van der Waals surface area contributed by atoms with Crippen LogP contribution in [0.3, 0.4) is 0 Å². The highest BCUT2D eigenvalue weighted by Gasteiger charge is 2.35. The topological polar surface area (TPSA) is 9.23 Å². The molecule has 0 radical (unpaired) electrons. The van der Waals surface area contributed by atoms with Gasteiger partial charge in [0.15, 0.2) is 8.32 Å². The number of benzene rings is 1. The predicted molar refractivity (Wildman–Crippen MR) is 152 cm³/mol. The van der Waals surface area contributed by atoms with Gasteiger partial charge >= 0.3 is 0 Å². The van der Waals surface area contributed by atoms with Gasteiger partial charge < -0.3 is 4.43 Å². The molecule has 0 bridgehead atoms. The zero-order valence-corrected chi connectivity index (χ0v) is 24.5. The fourth-order valence-corrected chi connectivity index (χ4v) is 8.47. The molecule has 0 heterocycles. The second-order valence-electron chi connectivity index (χ2n) is 9.81. The Morgan fingerprint density at radius 2 is 1.61 bits per heavy atom. The maximum absolute atomic E-state index is 6.77. The van der Waals surface area contributed by atoms with Crippen LogP contribution in [0.1, 0.15) is 110 Å². The lowest BCUT2D eigenvalue weighted by Gasteiger charge is -2.38. The quantitative estimate of drug-likeness (QED) is 0.105. The molecule has 0 aliphatic heterocycles. The van der Waals surface area contributed by atoms with Gasteiger partial charge in [-0.1, -0.05) is 107 Å². The van der Waals surface area contributed by atoms with Crippen LogP contribution in [-0.2, 0) is 10.8 Å². The predicted octanol–water partition coefficient (Wildman–Crippen LogP) is 10.3. The van der Waals surface area contributed by atoms with Gasteiger partial charge in [-0.05, 0) is 84.9 Å². The van der Waals surface area contributed by atoms with Crippen LogP contribution in [0.25, 0.3) is 5.57 Å². The SMILES string of the molecule is CCCCCC/C(=C\I)c1cccc(CCCCCC(C)(C)O[Si](CC)(CC)CC)c1. The fraction of sp³-hybridized carbons (Fsp3) is 0.714. The van der Waals surface area contributed by atoms with Crippen molar-refractivity contribution in [3.63, 3.8) is 0 Å². The van der Waals surface area contributed by atoms with E-state index in [0.717, 1.165) is 0 Å². The van der Waals surface area contributed by atoms with Gasteiger partial charge in [0, 0.05) is 0 Å².